The molecule has 1 aliphatic carbocycles. The zero-order chi connectivity index (χ0) is 25.3. The van der Waals surface area contributed by atoms with Crippen molar-refractivity contribution in [3.63, 3.8) is 0 Å². The maximum atomic E-state index is 15.5. The third-order valence-electron chi connectivity index (χ3n) is 7.88. The Morgan fingerprint density at radius 1 is 1.25 bits per heavy atom. The number of nitrogens with one attached hydrogen (secondary N) is 1. The summed E-state index contributed by atoms with van der Waals surface area (Å²) < 4.78 is 21.1. The summed E-state index contributed by atoms with van der Waals surface area (Å²) in [5.74, 6) is 0.867. The van der Waals surface area contributed by atoms with Gasteiger partial charge in [-0.25, -0.2) is 19.2 Å². The van der Waals surface area contributed by atoms with Crippen LogP contribution in [0.15, 0.2) is 24.5 Å². The average molecular weight is 493 g/mol. The molecule has 3 aliphatic rings. The van der Waals surface area contributed by atoms with E-state index in [1.54, 1.807) is 18.3 Å². The first-order valence-corrected chi connectivity index (χ1v) is 12.3. The highest BCUT2D eigenvalue weighted by molar-refractivity contribution is 6.00. The summed E-state index contributed by atoms with van der Waals surface area (Å²) in [6.07, 6.45) is 2.02. The number of nitrogen functional groups attached to an aromatic ring is 1. The molecule has 4 heterocycles. The zero-order valence-electron chi connectivity index (χ0n) is 20.5. The number of pyridine rings is 2. The van der Waals surface area contributed by atoms with E-state index in [0.29, 0.717) is 64.6 Å². The number of benzene rings is 1. The van der Waals surface area contributed by atoms with E-state index in [1.807, 2.05) is 6.92 Å². The number of hydrogen-bond donors (Lipinski definition) is 3. The van der Waals surface area contributed by atoms with E-state index >= 15 is 4.39 Å². The van der Waals surface area contributed by atoms with Crippen molar-refractivity contribution in [1.82, 2.24) is 14.9 Å². The lowest BCUT2D eigenvalue weighted by Crippen LogP contribution is -2.40. The summed E-state index contributed by atoms with van der Waals surface area (Å²) in [7, 11) is 0. The first kappa shape index (κ1) is 22.8. The lowest BCUT2D eigenvalue weighted by molar-refractivity contribution is 0.197. The second-order valence-corrected chi connectivity index (χ2v) is 10.2. The molecular formula is C26H29FN6O3. The molecule has 0 bridgehead atoms. The monoisotopic (exact) mass is 492 g/mol. The fourth-order valence-corrected chi connectivity index (χ4v) is 5.82. The van der Waals surface area contributed by atoms with E-state index in [0.717, 1.165) is 24.3 Å². The van der Waals surface area contributed by atoms with Crippen molar-refractivity contribution in [2.75, 3.05) is 42.2 Å². The molecule has 2 fully saturated rings. The molecule has 10 heteroatoms. The van der Waals surface area contributed by atoms with Gasteiger partial charge in [-0.05, 0) is 55.7 Å². The van der Waals surface area contributed by atoms with Gasteiger partial charge in [-0.2, -0.15) is 0 Å². The smallest absolute Gasteiger partial charge is 0.413 e. The SMILES string of the molecule is Cc1c(-c2cc3cc(N(C(=O)O)C4C5CN(C(C)C)CC54)ncc3c(N)c2F)cnc2c1NCCO2. The minimum absolute atomic E-state index is 0.0272. The van der Waals surface area contributed by atoms with Gasteiger partial charge in [0.2, 0.25) is 5.88 Å². The van der Waals surface area contributed by atoms with Crippen LogP contribution in [0.5, 0.6) is 5.88 Å². The number of nitrogens with zero attached hydrogens (tertiary/aromatic N) is 4. The minimum atomic E-state index is -1.03. The van der Waals surface area contributed by atoms with E-state index in [-0.39, 0.29) is 11.7 Å². The third kappa shape index (κ3) is 3.42. The number of hydrogen-bond acceptors (Lipinski definition) is 7. The molecule has 9 nitrogen and oxygen atoms in total. The summed E-state index contributed by atoms with van der Waals surface area (Å²) in [6.45, 7) is 9.12. The van der Waals surface area contributed by atoms with E-state index in [9.17, 15) is 9.90 Å². The van der Waals surface area contributed by atoms with Crippen LogP contribution in [0.2, 0.25) is 0 Å². The van der Waals surface area contributed by atoms with Crippen LogP contribution in [0.25, 0.3) is 21.9 Å². The predicted octanol–water partition coefficient (Wildman–Crippen LogP) is 3.95. The van der Waals surface area contributed by atoms with Gasteiger partial charge in [0.1, 0.15) is 18.1 Å². The molecule has 1 amide bonds. The Morgan fingerprint density at radius 3 is 2.69 bits per heavy atom. The standard InChI is InChI=1S/C26H29FN6O3/c1-12(2)32-10-18-19(11-32)24(18)33(26(34)35)20-7-14-6-15(21(27)22(28)17(14)9-30-20)16-8-31-25-23(13(16)3)29-4-5-36-25/h6-9,12,18-19,24,29H,4-5,10-11,28H2,1-3H3,(H,34,35). The summed E-state index contributed by atoms with van der Waals surface area (Å²) in [6, 6.07) is 3.73. The van der Waals surface area contributed by atoms with Gasteiger partial charge >= 0.3 is 6.09 Å². The number of aromatic nitrogens is 2. The van der Waals surface area contributed by atoms with Crippen molar-refractivity contribution in [1.29, 1.82) is 0 Å². The molecule has 188 valence electrons. The molecule has 6 rings (SSSR count). The van der Waals surface area contributed by atoms with Gasteiger partial charge < -0.3 is 25.8 Å². The molecule has 0 spiro atoms. The molecule has 4 N–H and O–H groups in total. The minimum Gasteiger partial charge on any atom is -0.474 e. The number of nitrogens with two attached hydrogens (primary N) is 1. The van der Waals surface area contributed by atoms with Crippen molar-refractivity contribution in [3.8, 4) is 17.0 Å². The van der Waals surface area contributed by atoms with Crippen LogP contribution in [-0.2, 0) is 0 Å². The Kier molecular flexibility index (Phi) is 5.18. The van der Waals surface area contributed by atoms with Crippen molar-refractivity contribution >= 4 is 34.1 Å². The Labute approximate surface area is 208 Å². The topological polar surface area (TPSA) is 117 Å². The van der Waals surface area contributed by atoms with Crippen molar-refractivity contribution in [2.45, 2.75) is 32.9 Å². The van der Waals surface area contributed by atoms with Gasteiger partial charge in [-0.3, -0.25) is 4.90 Å². The first-order valence-electron chi connectivity index (χ1n) is 12.3. The molecule has 3 aromatic rings. The maximum absolute atomic E-state index is 15.5. The number of carbonyl (C=O) groups is 1. The van der Waals surface area contributed by atoms with Crippen LogP contribution < -0.4 is 20.7 Å². The molecule has 1 aromatic carbocycles. The third-order valence-corrected chi connectivity index (χ3v) is 7.88. The Balaban J connectivity index is 1.40. The van der Waals surface area contributed by atoms with Crippen molar-refractivity contribution in [3.05, 3.63) is 35.9 Å². The zero-order valence-corrected chi connectivity index (χ0v) is 20.5. The molecular weight excluding hydrogens is 463 g/mol. The second kappa shape index (κ2) is 8.19. The van der Waals surface area contributed by atoms with Gasteiger partial charge in [-0.1, -0.05) is 0 Å². The van der Waals surface area contributed by atoms with Crippen molar-refractivity contribution < 1.29 is 19.0 Å². The van der Waals surface area contributed by atoms with E-state index in [1.165, 1.54) is 11.1 Å². The number of fused-ring (bicyclic) bond motifs is 3. The van der Waals surface area contributed by atoms with E-state index < -0.39 is 11.9 Å². The summed E-state index contributed by atoms with van der Waals surface area (Å²) >= 11 is 0. The highest BCUT2D eigenvalue weighted by atomic mass is 19.1. The molecule has 2 aromatic heterocycles. The number of piperidine rings is 1. The van der Waals surface area contributed by atoms with Crippen molar-refractivity contribution in [2.24, 2.45) is 11.8 Å². The fraction of sp³-hybridized carbons (Fsp3) is 0.423. The number of rotatable bonds is 4. The van der Waals surface area contributed by atoms with Crippen LogP contribution in [0, 0.1) is 24.6 Å². The van der Waals surface area contributed by atoms with Gasteiger partial charge in [-0.15, -0.1) is 0 Å². The van der Waals surface area contributed by atoms with Gasteiger partial charge in [0.15, 0.2) is 5.82 Å². The Hall–Kier alpha value is -3.66. The van der Waals surface area contributed by atoms with Crippen LogP contribution in [0.3, 0.4) is 0 Å². The lowest BCUT2D eigenvalue weighted by Gasteiger charge is -2.27. The average Bonchev–Trinajstić information content (AvgIpc) is 3.30. The molecule has 1 saturated carbocycles. The molecule has 0 radical (unpaired) electrons. The number of amides is 1. The van der Waals surface area contributed by atoms with Crippen LogP contribution in [-0.4, -0.2) is 64.4 Å². The van der Waals surface area contributed by atoms with Crippen LogP contribution >= 0.6 is 0 Å². The highest BCUT2D eigenvalue weighted by Gasteiger charge is 2.60. The lowest BCUT2D eigenvalue weighted by atomic mass is 9.97. The molecule has 2 atom stereocenters. The normalized spacial score (nSPS) is 22.6. The van der Waals surface area contributed by atoms with Gasteiger partial charge in [0.05, 0.1) is 11.7 Å². The van der Waals surface area contributed by atoms with Gasteiger partial charge in [0, 0.05) is 54.6 Å². The number of carboxylic acid groups (broad SMARTS) is 1. The van der Waals surface area contributed by atoms with Gasteiger partial charge in [0.25, 0.3) is 0 Å². The summed E-state index contributed by atoms with van der Waals surface area (Å²) in [5, 5.41) is 14.4. The van der Waals surface area contributed by atoms with E-state index in [4.69, 9.17) is 10.5 Å². The largest absolute Gasteiger partial charge is 0.474 e. The van der Waals surface area contributed by atoms with Crippen LogP contribution in [0.4, 0.5) is 26.4 Å². The first-order chi connectivity index (χ1) is 17.3. The Bertz CT molecular complexity index is 1380. The number of ether oxygens (including phenoxy) is 1. The second-order valence-electron chi connectivity index (χ2n) is 10.2. The molecule has 2 aliphatic heterocycles. The highest BCUT2D eigenvalue weighted by Crippen LogP contribution is 2.50. The summed E-state index contributed by atoms with van der Waals surface area (Å²) in [4.78, 5) is 24.8. The van der Waals surface area contributed by atoms with E-state index in [2.05, 4.69) is 34.0 Å². The Morgan fingerprint density at radius 2 is 2.00 bits per heavy atom. The number of likely N-dealkylation sites (tertiary alicyclic amines) is 1. The quantitative estimate of drug-likeness (QED) is 0.469. The number of anilines is 3. The molecule has 36 heavy (non-hydrogen) atoms. The van der Waals surface area contributed by atoms with Crippen LogP contribution in [0.1, 0.15) is 19.4 Å². The fourth-order valence-electron chi connectivity index (χ4n) is 5.82. The molecule has 1 saturated heterocycles. The number of halogens is 1. The predicted molar refractivity (Wildman–Crippen MR) is 136 cm³/mol. The maximum Gasteiger partial charge on any atom is 0.413 e. The molecule has 2 unspecified atom stereocenters. The summed E-state index contributed by atoms with van der Waals surface area (Å²) in [5.41, 5.74) is 8.62.